The molecule has 3 aromatic rings. The Kier molecular flexibility index (Phi) is 3.04. The molecule has 0 unspecified atom stereocenters. The fourth-order valence-corrected chi connectivity index (χ4v) is 1.85. The molecule has 19 heavy (non-hydrogen) atoms. The molecular weight excluding hydrogens is 238 g/mol. The minimum absolute atomic E-state index is 0.510. The summed E-state index contributed by atoms with van der Waals surface area (Å²) in [6, 6.07) is 13.6. The van der Waals surface area contributed by atoms with Gasteiger partial charge in [0.2, 0.25) is 0 Å². The SMILES string of the molecule is NCc1cccc(-n2cc(-c3ccccn3)nn2)c1. The Morgan fingerprint density at radius 2 is 2.00 bits per heavy atom. The Balaban J connectivity index is 1.97. The Labute approximate surface area is 110 Å². The first-order valence-corrected chi connectivity index (χ1v) is 6.00. The molecule has 0 spiro atoms. The maximum Gasteiger partial charge on any atom is 0.131 e. The van der Waals surface area contributed by atoms with Gasteiger partial charge in [-0.2, -0.15) is 0 Å². The number of aromatic nitrogens is 4. The molecular formula is C14H13N5. The molecule has 0 saturated carbocycles. The molecule has 3 rings (SSSR count). The number of rotatable bonds is 3. The van der Waals surface area contributed by atoms with Gasteiger partial charge in [0, 0.05) is 12.7 Å². The van der Waals surface area contributed by atoms with E-state index in [1.54, 1.807) is 10.9 Å². The van der Waals surface area contributed by atoms with Crippen LogP contribution in [0, 0.1) is 0 Å². The third-order valence-corrected chi connectivity index (χ3v) is 2.83. The molecule has 0 atom stereocenters. The smallest absolute Gasteiger partial charge is 0.131 e. The first-order valence-electron chi connectivity index (χ1n) is 6.00. The summed E-state index contributed by atoms with van der Waals surface area (Å²) in [6.07, 6.45) is 3.60. The van der Waals surface area contributed by atoms with Gasteiger partial charge in [0.15, 0.2) is 0 Å². The molecule has 2 heterocycles. The van der Waals surface area contributed by atoms with E-state index >= 15 is 0 Å². The van der Waals surface area contributed by atoms with E-state index < -0.39 is 0 Å². The third-order valence-electron chi connectivity index (χ3n) is 2.83. The van der Waals surface area contributed by atoms with Gasteiger partial charge in [0.05, 0.1) is 17.6 Å². The number of benzene rings is 1. The molecule has 0 bridgehead atoms. The predicted molar refractivity (Wildman–Crippen MR) is 72.5 cm³/mol. The van der Waals surface area contributed by atoms with Crippen LogP contribution in [0.25, 0.3) is 17.1 Å². The number of nitrogens with zero attached hydrogens (tertiary/aromatic N) is 4. The average Bonchev–Trinajstić information content (AvgIpc) is 2.98. The molecule has 2 aromatic heterocycles. The van der Waals surface area contributed by atoms with Crippen molar-refractivity contribution in [1.29, 1.82) is 0 Å². The summed E-state index contributed by atoms with van der Waals surface area (Å²) in [5, 5.41) is 8.26. The molecule has 0 aliphatic rings. The van der Waals surface area contributed by atoms with Gasteiger partial charge in [-0.25, -0.2) is 4.68 Å². The molecule has 5 nitrogen and oxygen atoms in total. The van der Waals surface area contributed by atoms with Gasteiger partial charge in [0.1, 0.15) is 5.69 Å². The first-order chi connectivity index (χ1) is 9.36. The van der Waals surface area contributed by atoms with Gasteiger partial charge in [-0.3, -0.25) is 4.98 Å². The number of hydrogen-bond acceptors (Lipinski definition) is 4. The Morgan fingerprint density at radius 3 is 2.79 bits per heavy atom. The second kappa shape index (κ2) is 4.99. The van der Waals surface area contributed by atoms with Crippen LogP contribution in [0.2, 0.25) is 0 Å². The molecule has 0 fully saturated rings. The molecule has 2 N–H and O–H groups in total. The van der Waals surface area contributed by atoms with E-state index in [0.717, 1.165) is 22.6 Å². The topological polar surface area (TPSA) is 69.6 Å². The minimum Gasteiger partial charge on any atom is -0.326 e. The summed E-state index contributed by atoms with van der Waals surface area (Å²) in [5.41, 5.74) is 9.20. The Hall–Kier alpha value is -2.53. The van der Waals surface area contributed by atoms with E-state index in [4.69, 9.17) is 5.73 Å². The predicted octanol–water partition coefficient (Wildman–Crippen LogP) is 1.79. The van der Waals surface area contributed by atoms with E-state index in [2.05, 4.69) is 15.3 Å². The van der Waals surface area contributed by atoms with E-state index in [9.17, 15) is 0 Å². The van der Waals surface area contributed by atoms with Crippen LogP contribution in [0.1, 0.15) is 5.56 Å². The summed E-state index contributed by atoms with van der Waals surface area (Å²) in [6.45, 7) is 0.510. The number of nitrogens with two attached hydrogens (primary N) is 1. The number of hydrogen-bond donors (Lipinski definition) is 1. The fourth-order valence-electron chi connectivity index (χ4n) is 1.85. The standard InChI is InChI=1S/C14H13N5/c15-9-11-4-3-5-12(8-11)19-10-14(17-18-19)13-6-1-2-7-16-13/h1-8,10H,9,15H2. The summed E-state index contributed by atoms with van der Waals surface area (Å²) in [7, 11) is 0. The fraction of sp³-hybridized carbons (Fsp3) is 0.0714. The average molecular weight is 251 g/mol. The van der Waals surface area contributed by atoms with Crippen molar-refractivity contribution in [3.63, 3.8) is 0 Å². The molecule has 1 aromatic carbocycles. The van der Waals surface area contributed by atoms with Crippen LogP contribution in [0.3, 0.4) is 0 Å². The second-order valence-corrected chi connectivity index (χ2v) is 4.14. The zero-order chi connectivity index (χ0) is 13.1. The van der Waals surface area contributed by atoms with Gasteiger partial charge in [0.25, 0.3) is 0 Å². The molecule has 0 radical (unpaired) electrons. The van der Waals surface area contributed by atoms with Crippen LogP contribution < -0.4 is 5.73 Å². The van der Waals surface area contributed by atoms with Crippen molar-refractivity contribution in [3.8, 4) is 17.1 Å². The highest BCUT2D eigenvalue weighted by atomic mass is 15.4. The molecule has 0 aliphatic heterocycles. The molecule has 0 amide bonds. The van der Waals surface area contributed by atoms with Gasteiger partial charge < -0.3 is 5.73 Å². The van der Waals surface area contributed by atoms with Crippen molar-refractivity contribution in [2.24, 2.45) is 5.73 Å². The normalized spacial score (nSPS) is 10.6. The lowest BCUT2D eigenvalue weighted by molar-refractivity contribution is 0.801. The van der Waals surface area contributed by atoms with Gasteiger partial charge in [-0.05, 0) is 29.8 Å². The van der Waals surface area contributed by atoms with Crippen LogP contribution in [-0.4, -0.2) is 20.0 Å². The minimum atomic E-state index is 0.510. The number of pyridine rings is 1. The van der Waals surface area contributed by atoms with Crippen LogP contribution in [0.15, 0.2) is 54.9 Å². The molecule has 5 heteroatoms. The largest absolute Gasteiger partial charge is 0.326 e. The highest BCUT2D eigenvalue weighted by molar-refractivity contribution is 5.52. The monoisotopic (exact) mass is 251 g/mol. The lowest BCUT2D eigenvalue weighted by atomic mass is 10.2. The Bertz CT molecular complexity index is 675. The second-order valence-electron chi connectivity index (χ2n) is 4.14. The maximum absolute atomic E-state index is 5.64. The van der Waals surface area contributed by atoms with Crippen molar-refractivity contribution < 1.29 is 0 Å². The van der Waals surface area contributed by atoms with E-state index in [0.29, 0.717) is 6.54 Å². The summed E-state index contributed by atoms with van der Waals surface area (Å²) < 4.78 is 1.73. The quantitative estimate of drug-likeness (QED) is 0.770. The summed E-state index contributed by atoms with van der Waals surface area (Å²) in [5.74, 6) is 0. The molecule has 0 aliphatic carbocycles. The third kappa shape index (κ3) is 2.36. The van der Waals surface area contributed by atoms with E-state index in [1.807, 2.05) is 48.7 Å². The highest BCUT2D eigenvalue weighted by Crippen LogP contribution is 2.15. The Morgan fingerprint density at radius 1 is 1.05 bits per heavy atom. The van der Waals surface area contributed by atoms with Crippen LogP contribution in [-0.2, 0) is 6.54 Å². The van der Waals surface area contributed by atoms with Gasteiger partial charge >= 0.3 is 0 Å². The van der Waals surface area contributed by atoms with Gasteiger partial charge in [-0.15, -0.1) is 5.10 Å². The first kappa shape index (κ1) is 11.6. The van der Waals surface area contributed by atoms with Crippen molar-refractivity contribution in [1.82, 2.24) is 20.0 Å². The molecule has 0 saturated heterocycles. The zero-order valence-electron chi connectivity index (χ0n) is 10.3. The maximum atomic E-state index is 5.64. The van der Waals surface area contributed by atoms with Crippen LogP contribution in [0.5, 0.6) is 0 Å². The summed E-state index contributed by atoms with van der Waals surface area (Å²) >= 11 is 0. The van der Waals surface area contributed by atoms with Crippen molar-refractivity contribution >= 4 is 0 Å². The van der Waals surface area contributed by atoms with Crippen molar-refractivity contribution in [2.45, 2.75) is 6.54 Å². The lowest BCUT2D eigenvalue weighted by Gasteiger charge is -2.02. The highest BCUT2D eigenvalue weighted by Gasteiger charge is 2.06. The van der Waals surface area contributed by atoms with E-state index in [-0.39, 0.29) is 0 Å². The zero-order valence-corrected chi connectivity index (χ0v) is 10.3. The lowest BCUT2D eigenvalue weighted by Crippen LogP contribution is -1.99. The van der Waals surface area contributed by atoms with Gasteiger partial charge in [-0.1, -0.05) is 23.4 Å². The van der Waals surface area contributed by atoms with Crippen LogP contribution in [0.4, 0.5) is 0 Å². The van der Waals surface area contributed by atoms with E-state index in [1.165, 1.54) is 0 Å². The summed E-state index contributed by atoms with van der Waals surface area (Å²) in [4.78, 5) is 4.25. The van der Waals surface area contributed by atoms with Crippen molar-refractivity contribution in [3.05, 3.63) is 60.4 Å². The van der Waals surface area contributed by atoms with Crippen molar-refractivity contribution in [2.75, 3.05) is 0 Å². The van der Waals surface area contributed by atoms with Crippen LogP contribution >= 0.6 is 0 Å². The molecule has 94 valence electrons.